The topological polar surface area (TPSA) is 71.0 Å². The molecular weight excluding hydrogens is 434 g/mol. The molecule has 7 heteroatoms. The van der Waals surface area contributed by atoms with E-state index < -0.39 is 0 Å². The maximum Gasteiger partial charge on any atom is 0.253 e. The summed E-state index contributed by atoms with van der Waals surface area (Å²) in [6, 6.07) is 11.2. The summed E-state index contributed by atoms with van der Waals surface area (Å²) in [5.74, 6) is 1.40. The minimum Gasteiger partial charge on any atom is -0.339 e. The summed E-state index contributed by atoms with van der Waals surface area (Å²) < 4.78 is 0. The summed E-state index contributed by atoms with van der Waals surface area (Å²) in [6.45, 7) is 1.91. The Morgan fingerprint density at radius 1 is 1.09 bits per heavy atom. The first-order valence-electron chi connectivity index (χ1n) is 11.9. The first-order chi connectivity index (χ1) is 16.0. The number of hydrogen-bond acceptors (Lipinski definition) is 5. The summed E-state index contributed by atoms with van der Waals surface area (Å²) in [7, 11) is 1.94. The molecule has 3 unspecified atom stereocenters. The van der Waals surface area contributed by atoms with E-state index in [0.29, 0.717) is 40.5 Å². The lowest BCUT2D eigenvalue weighted by molar-refractivity contribution is 0.0681. The molecule has 2 aliphatic heterocycles. The normalized spacial score (nSPS) is 28.2. The van der Waals surface area contributed by atoms with Gasteiger partial charge in [0.1, 0.15) is 5.82 Å². The number of carbonyl (C=O) groups excluding carboxylic acids is 1. The van der Waals surface area contributed by atoms with Crippen molar-refractivity contribution < 1.29 is 4.79 Å². The fourth-order valence-electron chi connectivity index (χ4n) is 5.90. The second kappa shape index (κ2) is 8.03. The van der Waals surface area contributed by atoms with Crippen LogP contribution in [0.4, 0.5) is 0 Å². The lowest BCUT2D eigenvalue weighted by Crippen LogP contribution is -2.48. The predicted molar refractivity (Wildman–Crippen MR) is 129 cm³/mol. The van der Waals surface area contributed by atoms with Crippen LogP contribution in [0.15, 0.2) is 36.5 Å². The highest BCUT2D eigenvalue weighted by Crippen LogP contribution is 2.56. The summed E-state index contributed by atoms with van der Waals surface area (Å²) in [5, 5.41) is 5.33. The highest BCUT2D eigenvalue weighted by Gasteiger charge is 2.43. The maximum atomic E-state index is 13.2. The number of amides is 1. The number of pyridine rings is 1. The summed E-state index contributed by atoms with van der Waals surface area (Å²) in [6.07, 6.45) is 7.28. The van der Waals surface area contributed by atoms with Crippen LogP contribution >= 0.6 is 11.6 Å². The third-order valence-corrected chi connectivity index (χ3v) is 8.04. The van der Waals surface area contributed by atoms with Crippen molar-refractivity contribution in [3.05, 3.63) is 64.2 Å². The van der Waals surface area contributed by atoms with E-state index in [-0.39, 0.29) is 5.91 Å². The molecule has 3 fully saturated rings. The Balaban J connectivity index is 1.21. The quantitative estimate of drug-likeness (QED) is 0.614. The number of fused-ring (bicyclic) bond motifs is 3. The molecule has 2 saturated heterocycles. The van der Waals surface area contributed by atoms with Crippen molar-refractivity contribution in [2.24, 2.45) is 0 Å². The molecule has 5 atom stereocenters. The average Bonchev–Trinajstić information content (AvgIpc) is 3.54. The van der Waals surface area contributed by atoms with E-state index in [9.17, 15) is 4.79 Å². The van der Waals surface area contributed by atoms with Gasteiger partial charge in [0, 0.05) is 53.3 Å². The first kappa shape index (κ1) is 21.0. The number of carbonyl (C=O) groups is 1. The van der Waals surface area contributed by atoms with E-state index in [0.717, 1.165) is 47.4 Å². The van der Waals surface area contributed by atoms with Gasteiger partial charge in [-0.2, -0.15) is 0 Å². The van der Waals surface area contributed by atoms with Crippen molar-refractivity contribution in [3.8, 4) is 0 Å². The fraction of sp³-hybridized carbons (Fsp3) is 0.462. The van der Waals surface area contributed by atoms with Gasteiger partial charge in [-0.25, -0.2) is 15.0 Å². The number of hydrogen-bond donors (Lipinski definition) is 1. The Hall–Kier alpha value is -2.57. The number of piperidine rings is 1. The zero-order valence-corrected chi connectivity index (χ0v) is 19.7. The van der Waals surface area contributed by atoms with Gasteiger partial charge in [0.25, 0.3) is 5.91 Å². The van der Waals surface area contributed by atoms with Gasteiger partial charge in [0.2, 0.25) is 0 Å². The van der Waals surface area contributed by atoms with Crippen LogP contribution in [0.1, 0.15) is 71.4 Å². The third kappa shape index (κ3) is 3.79. The first-order valence-corrected chi connectivity index (χ1v) is 12.3. The highest BCUT2D eigenvalue weighted by atomic mass is 35.5. The molecule has 1 aromatic carbocycles. The summed E-state index contributed by atoms with van der Waals surface area (Å²) in [4.78, 5) is 28.8. The SMILES string of the molecule is Cc1nc(C2CC2c2ccc(C(=O)N(C)C3C[C@H]4CC[C@@H](C3)N4)cc2Cl)c2cccnc2n1. The van der Waals surface area contributed by atoms with Crippen molar-refractivity contribution in [1.29, 1.82) is 0 Å². The molecule has 1 N–H and O–H groups in total. The van der Waals surface area contributed by atoms with Crippen molar-refractivity contribution in [2.45, 2.75) is 69.0 Å². The molecule has 2 aromatic heterocycles. The monoisotopic (exact) mass is 461 g/mol. The van der Waals surface area contributed by atoms with E-state index in [1.165, 1.54) is 12.8 Å². The standard InChI is InChI=1S/C26H28ClN5O/c1-14-29-24(20-4-3-9-28-25(20)30-14)22-13-21(22)19-8-5-15(10-23(19)27)26(33)32(2)18-11-16-6-7-17(12-18)31-16/h3-5,8-10,16-18,21-22,31H,6-7,11-13H2,1-2H3/t16-,17+,18?,21?,22?. The second-order valence-corrected chi connectivity index (χ2v) is 10.3. The minimum atomic E-state index is 0.0607. The van der Waals surface area contributed by atoms with Crippen LogP contribution in [0.25, 0.3) is 11.0 Å². The molecule has 1 amide bonds. The molecule has 3 aromatic rings. The zero-order valence-electron chi connectivity index (χ0n) is 19.0. The molecule has 0 spiro atoms. The second-order valence-electron chi connectivity index (χ2n) is 9.89. The van der Waals surface area contributed by atoms with Crippen LogP contribution in [-0.4, -0.2) is 50.9 Å². The predicted octanol–water partition coefficient (Wildman–Crippen LogP) is 4.61. The average molecular weight is 462 g/mol. The van der Waals surface area contributed by atoms with Gasteiger partial charge in [-0.3, -0.25) is 4.79 Å². The lowest BCUT2D eigenvalue weighted by Gasteiger charge is -2.35. The van der Waals surface area contributed by atoms with Crippen molar-refractivity contribution in [2.75, 3.05) is 7.05 Å². The number of benzene rings is 1. The molecule has 6 rings (SSSR count). The van der Waals surface area contributed by atoms with Crippen LogP contribution in [0.5, 0.6) is 0 Å². The van der Waals surface area contributed by atoms with E-state index in [2.05, 4.69) is 15.3 Å². The maximum absolute atomic E-state index is 13.2. The molecule has 2 bridgehead atoms. The van der Waals surface area contributed by atoms with Crippen LogP contribution in [0.2, 0.25) is 5.02 Å². The molecule has 0 radical (unpaired) electrons. The van der Waals surface area contributed by atoms with Gasteiger partial charge in [-0.1, -0.05) is 17.7 Å². The van der Waals surface area contributed by atoms with E-state index in [1.54, 1.807) is 6.20 Å². The summed E-state index contributed by atoms with van der Waals surface area (Å²) in [5.41, 5.74) is 3.55. The van der Waals surface area contributed by atoms with Gasteiger partial charge in [0.05, 0.1) is 5.69 Å². The molecule has 4 heterocycles. The number of aromatic nitrogens is 3. The smallest absolute Gasteiger partial charge is 0.253 e. The molecule has 6 nitrogen and oxygen atoms in total. The van der Waals surface area contributed by atoms with Gasteiger partial charge in [-0.05, 0) is 74.8 Å². The number of nitrogens with one attached hydrogen (secondary N) is 1. The number of halogens is 1. The molecule has 1 saturated carbocycles. The minimum absolute atomic E-state index is 0.0607. The zero-order chi connectivity index (χ0) is 22.7. The Kier molecular flexibility index (Phi) is 5.11. The van der Waals surface area contributed by atoms with Gasteiger partial charge in [0.15, 0.2) is 5.65 Å². The van der Waals surface area contributed by atoms with Gasteiger partial charge in [-0.15, -0.1) is 0 Å². The van der Waals surface area contributed by atoms with Crippen LogP contribution in [-0.2, 0) is 0 Å². The highest BCUT2D eigenvalue weighted by molar-refractivity contribution is 6.31. The Morgan fingerprint density at radius 2 is 1.88 bits per heavy atom. The molecule has 1 aliphatic carbocycles. The third-order valence-electron chi connectivity index (χ3n) is 7.72. The summed E-state index contributed by atoms with van der Waals surface area (Å²) >= 11 is 6.73. The largest absolute Gasteiger partial charge is 0.339 e. The molecule has 33 heavy (non-hydrogen) atoms. The lowest BCUT2D eigenvalue weighted by atomic mass is 9.97. The van der Waals surface area contributed by atoms with Crippen molar-refractivity contribution in [1.82, 2.24) is 25.2 Å². The number of aryl methyl sites for hydroxylation is 1. The van der Waals surface area contributed by atoms with E-state index >= 15 is 0 Å². The number of nitrogens with zero attached hydrogens (tertiary/aromatic N) is 4. The fourth-order valence-corrected chi connectivity index (χ4v) is 6.22. The van der Waals surface area contributed by atoms with E-state index in [4.69, 9.17) is 16.6 Å². The van der Waals surface area contributed by atoms with E-state index in [1.807, 2.05) is 49.2 Å². The Labute approximate surface area is 198 Å². The molecular formula is C26H28ClN5O. The van der Waals surface area contributed by atoms with Crippen molar-refractivity contribution in [3.63, 3.8) is 0 Å². The Bertz CT molecular complexity index is 1230. The van der Waals surface area contributed by atoms with Gasteiger partial charge >= 0.3 is 0 Å². The Morgan fingerprint density at radius 3 is 2.64 bits per heavy atom. The van der Waals surface area contributed by atoms with Crippen LogP contribution in [0.3, 0.4) is 0 Å². The number of rotatable bonds is 4. The van der Waals surface area contributed by atoms with Crippen LogP contribution < -0.4 is 5.32 Å². The molecule has 3 aliphatic rings. The van der Waals surface area contributed by atoms with Crippen LogP contribution in [0, 0.1) is 6.92 Å². The van der Waals surface area contributed by atoms with Gasteiger partial charge < -0.3 is 10.2 Å². The molecule has 170 valence electrons. The van der Waals surface area contributed by atoms with Crippen molar-refractivity contribution >= 4 is 28.5 Å².